The SMILES string of the molecule is CCOC1CC(n2cc(NC(=O)c3csc(-c4cn[nH]c4)n3)c(C3OC=NN3C)n2)C1. The second-order valence-electron chi connectivity index (χ2n) is 7.37. The molecule has 1 saturated carbocycles. The topological polar surface area (TPSA) is 123 Å². The van der Waals surface area contributed by atoms with Crippen LogP contribution in [0.5, 0.6) is 0 Å². The first-order valence-electron chi connectivity index (χ1n) is 9.99. The second kappa shape index (κ2) is 8.12. The van der Waals surface area contributed by atoms with E-state index >= 15 is 0 Å². The van der Waals surface area contributed by atoms with Crippen LogP contribution in [-0.2, 0) is 9.47 Å². The fourth-order valence-electron chi connectivity index (χ4n) is 3.61. The van der Waals surface area contributed by atoms with Crippen LogP contribution in [0.3, 0.4) is 0 Å². The lowest BCUT2D eigenvalue weighted by Crippen LogP contribution is -2.33. The first kappa shape index (κ1) is 19.7. The van der Waals surface area contributed by atoms with Crippen LogP contribution in [0.15, 0.2) is 29.1 Å². The number of thiazole rings is 1. The third-order valence-electron chi connectivity index (χ3n) is 5.33. The van der Waals surface area contributed by atoms with E-state index in [9.17, 15) is 4.79 Å². The molecular formula is C19H22N8O3S. The van der Waals surface area contributed by atoms with Gasteiger partial charge in [-0.15, -0.1) is 16.4 Å². The Hall–Kier alpha value is -3.25. The number of ether oxygens (including phenoxy) is 2. The van der Waals surface area contributed by atoms with Crippen molar-refractivity contribution >= 4 is 29.3 Å². The minimum absolute atomic E-state index is 0.223. The molecule has 1 unspecified atom stereocenters. The summed E-state index contributed by atoms with van der Waals surface area (Å²) in [5, 5.41) is 22.6. The van der Waals surface area contributed by atoms with Gasteiger partial charge in [0.15, 0.2) is 6.40 Å². The summed E-state index contributed by atoms with van der Waals surface area (Å²) in [6, 6.07) is 0.223. The predicted molar refractivity (Wildman–Crippen MR) is 114 cm³/mol. The van der Waals surface area contributed by atoms with Gasteiger partial charge in [0.25, 0.3) is 5.91 Å². The normalized spacial score (nSPS) is 22.4. The zero-order chi connectivity index (χ0) is 21.4. The number of nitrogens with zero attached hydrogens (tertiary/aromatic N) is 6. The van der Waals surface area contributed by atoms with Gasteiger partial charge >= 0.3 is 0 Å². The summed E-state index contributed by atoms with van der Waals surface area (Å²) in [5.74, 6) is -0.311. The molecule has 1 aliphatic heterocycles. The number of aromatic nitrogens is 5. The molecule has 0 radical (unpaired) electrons. The summed E-state index contributed by atoms with van der Waals surface area (Å²) in [4.78, 5) is 17.3. The molecule has 4 heterocycles. The van der Waals surface area contributed by atoms with Gasteiger partial charge in [0.2, 0.25) is 6.23 Å². The number of anilines is 1. The molecule has 0 bridgehead atoms. The van der Waals surface area contributed by atoms with Gasteiger partial charge in [-0.1, -0.05) is 0 Å². The smallest absolute Gasteiger partial charge is 0.275 e. The number of rotatable bonds is 7. The Bertz CT molecular complexity index is 1090. The lowest BCUT2D eigenvalue weighted by molar-refractivity contribution is -0.0232. The highest BCUT2D eigenvalue weighted by Gasteiger charge is 2.35. The Morgan fingerprint density at radius 3 is 3.03 bits per heavy atom. The van der Waals surface area contributed by atoms with Gasteiger partial charge in [-0.3, -0.25) is 19.6 Å². The van der Waals surface area contributed by atoms with Gasteiger partial charge in [0, 0.05) is 37.0 Å². The Morgan fingerprint density at radius 1 is 1.45 bits per heavy atom. The molecule has 1 aliphatic carbocycles. The van der Waals surface area contributed by atoms with Crippen molar-refractivity contribution in [3.05, 3.63) is 35.4 Å². The van der Waals surface area contributed by atoms with Crippen molar-refractivity contribution in [2.24, 2.45) is 5.10 Å². The van der Waals surface area contributed by atoms with Crippen molar-refractivity contribution in [3.8, 4) is 10.6 Å². The van der Waals surface area contributed by atoms with Gasteiger partial charge in [0.1, 0.15) is 16.4 Å². The van der Waals surface area contributed by atoms with Crippen LogP contribution in [0.25, 0.3) is 10.6 Å². The number of nitrogens with one attached hydrogen (secondary N) is 2. The molecular weight excluding hydrogens is 420 g/mol. The zero-order valence-electron chi connectivity index (χ0n) is 17.1. The van der Waals surface area contributed by atoms with Crippen LogP contribution in [0.1, 0.15) is 48.2 Å². The Morgan fingerprint density at radius 2 is 2.32 bits per heavy atom. The van der Waals surface area contributed by atoms with Crippen LogP contribution in [0.2, 0.25) is 0 Å². The molecule has 162 valence electrons. The summed E-state index contributed by atoms with van der Waals surface area (Å²) < 4.78 is 13.1. The third kappa shape index (κ3) is 3.79. The van der Waals surface area contributed by atoms with Gasteiger partial charge in [0.05, 0.1) is 24.0 Å². The highest BCUT2D eigenvalue weighted by atomic mass is 32.1. The number of H-pyrrole nitrogens is 1. The van der Waals surface area contributed by atoms with E-state index in [0.29, 0.717) is 23.7 Å². The van der Waals surface area contributed by atoms with Crippen molar-refractivity contribution in [2.45, 2.75) is 38.1 Å². The van der Waals surface area contributed by atoms with Gasteiger partial charge in [-0.25, -0.2) is 4.98 Å². The Labute approximate surface area is 182 Å². The molecule has 0 spiro atoms. The number of aromatic amines is 1. The van der Waals surface area contributed by atoms with E-state index in [1.54, 1.807) is 29.8 Å². The molecule has 31 heavy (non-hydrogen) atoms. The molecule has 1 fully saturated rings. The van der Waals surface area contributed by atoms with Gasteiger partial charge in [-0.2, -0.15) is 10.2 Å². The van der Waals surface area contributed by atoms with Crippen LogP contribution < -0.4 is 5.32 Å². The fourth-order valence-corrected chi connectivity index (χ4v) is 4.39. The second-order valence-corrected chi connectivity index (χ2v) is 8.23. The third-order valence-corrected chi connectivity index (χ3v) is 6.22. The van der Waals surface area contributed by atoms with E-state index in [1.807, 2.05) is 17.8 Å². The summed E-state index contributed by atoms with van der Waals surface area (Å²) in [6.07, 6.45) is 8.16. The van der Waals surface area contributed by atoms with E-state index in [2.05, 4.69) is 25.6 Å². The molecule has 1 amide bonds. The fraction of sp³-hybridized carbons (Fsp3) is 0.421. The van der Waals surface area contributed by atoms with Crippen molar-refractivity contribution < 1.29 is 14.3 Å². The summed E-state index contributed by atoms with van der Waals surface area (Å²) in [5.41, 5.74) is 2.34. The van der Waals surface area contributed by atoms with Crippen LogP contribution in [0.4, 0.5) is 5.69 Å². The first-order valence-corrected chi connectivity index (χ1v) is 10.9. The van der Waals surface area contributed by atoms with Crippen LogP contribution in [-0.4, -0.2) is 62.0 Å². The molecule has 2 N–H and O–H groups in total. The van der Waals surface area contributed by atoms with Gasteiger partial charge < -0.3 is 14.8 Å². The lowest BCUT2D eigenvalue weighted by Gasteiger charge is -2.34. The number of hydrazone groups is 1. The van der Waals surface area contributed by atoms with Crippen LogP contribution in [0, 0.1) is 0 Å². The van der Waals surface area contributed by atoms with E-state index < -0.39 is 6.23 Å². The standard InChI is InChI=1S/C19H22N8O3S/c1-3-29-13-4-12(5-13)27-8-14(16(25-27)19-26(2)22-10-30-19)23-17(28)15-9-31-18(24-15)11-6-20-21-7-11/h6-10,12-13,19H,3-5H2,1-2H3,(H,20,21)(H,23,28). The maximum absolute atomic E-state index is 12.9. The quantitative estimate of drug-likeness (QED) is 0.577. The maximum Gasteiger partial charge on any atom is 0.275 e. The molecule has 3 aromatic heterocycles. The number of carbonyl (C=O) groups is 1. The van der Waals surface area contributed by atoms with E-state index in [4.69, 9.17) is 14.6 Å². The average molecular weight is 443 g/mol. The summed E-state index contributed by atoms with van der Waals surface area (Å²) in [6.45, 7) is 2.70. The molecule has 5 rings (SSSR count). The van der Waals surface area contributed by atoms with Crippen molar-refractivity contribution in [1.29, 1.82) is 0 Å². The van der Waals surface area contributed by atoms with Gasteiger partial charge in [-0.05, 0) is 19.8 Å². The average Bonchev–Trinajstić information content (AvgIpc) is 3.49. The molecule has 2 aliphatic rings. The van der Waals surface area contributed by atoms with Crippen LogP contribution >= 0.6 is 11.3 Å². The summed E-state index contributed by atoms with van der Waals surface area (Å²) >= 11 is 1.38. The van der Waals surface area contributed by atoms with E-state index in [0.717, 1.165) is 23.4 Å². The molecule has 3 aromatic rings. The Balaban J connectivity index is 1.36. The highest BCUT2D eigenvalue weighted by molar-refractivity contribution is 7.13. The van der Waals surface area contributed by atoms with Crippen molar-refractivity contribution in [3.63, 3.8) is 0 Å². The molecule has 1 atom stereocenters. The predicted octanol–water partition coefficient (Wildman–Crippen LogP) is 2.63. The molecule has 0 aromatic carbocycles. The van der Waals surface area contributed by atoms with Crippen molar-refractivity contribution in [1.82, 2.24) is 30.0 Å². The molecule has 0 saturated heterocycles. The molecule has 12 heteroatoms. The van der Waals surface area contributed by atoms with Crippen molar-refractivity contribution in [2.75, 3.05) is 19.0 Å². The van der Waals surface area contributed by atoms with E-state index in [-0.39, 0.29) is 18.1 Å². The minimum atomic E-state index is -0.503. The largest absolute Gasteiger partial charge is 0.451 e. The lowest BCUT2D eigenvalue weighted by atomic mass is 9.89. The Kier molecular flexibility index (Phi) is 5.16. The number of hydrogen-bond donors (Lipinski definition) is 2. The number of amides is 1. The number of carbonyl (C=O) groups excluding carboxylic acids is 1. The molecule has 11 nitrogen and oxygen atoms in total. The first-order chi connectivity index (χ1) is 15.1. The maximum atomic E-state index is 12.9. The highest BCUT2D eigenvalue weighted by Crippen LogP contribution is 2.37. The minimum Gasteiger partial charge on any atom is -0.451 e. The summed E-state index contributed by atoms with van der Waals surface area (Å²) in [7, 11) is 1.80. The monoisotopic (exact) mass is 442 g/mol. The zero-order valence-corrected chi connectivity index (χ0v) is 17.9. The van der Waals surface area contributed by atoms with E-state index in [1.165, 1.54) is 17.7 Å². The number of hydrogen-bond acceptors (Lipinski definition) is 9.